The van der Waals surface area contributed by atoms with Crippen LogP contribution < -0.4 is 5.73 Å². The van der Waals surface area contributed by atoms with Crippen LogP contribution in [-0.2, 0) is 10.0 Å². The summed E-state index contributed by atoms with van der Waals surface area (Å²) in [6, 6.07) is 2.41. The molecule has 0 saturated heterocycles. The van der Waals surface area contributed by atoms with Gasteiger partial charge in [-0.2, -0.15) is 4.31 Å². The van der Waals surface area contributed by atoms with Crippen LogP contribution in [0.4, 0.5) is 10.1 Å². The number of anilines is 1. The lowest BCUT2D eigenvalue weighted by molar-refractivity contribution is 0.366. The predicted molar refractivity (Wildman–Crippen MR) is 74.9 cm³/mol. The number of aryl methyl sites for hydroxylation is 1. The average Bonchev–Trinajstić information content (AvgIpc) is 2.32. The van der Waals surface area contributed by atoms with Gasteiger partial charge < -0.3 is 5.73 Å². The molecule has 0 aliphatic heterocycles. The molecule has 1 atom stereocenters. The molecule has 1 aromatic rings. The summed E-state index contributed by atoms with van der Waals surface area (Å²) in [6.45, 7) is 5.28. The summed E-state index contributed by atoms with van der Waals surface area (Å²) >= 11 is 0. The van der Waals surface area contributed by atoms with Gasteiger partial charge in [-0.15, -0.1) is 0 Å². The van der Waals surface area contributed by atoms with Crippen molar-refractivity contribution < 1.29 is 12.8 Å². The first-order valence-electron chi connectivity index (χ1n) is 6.25. The highest BCUT2D eigenvalue weighted by atomic mass is 32.2. The molecule has 0 saturated carbocycles. The molecule has 0 spiro atoms. The molecular weight excluding hydrogens is 267 g/mol. The summed E-state index contributed by atoms with van der Waals surface area (Å²) < 4.78 is 40.0. The number of benzene rings is 1. The molecular formula is C13H21FN2O2S. The molecule has 1 rings (SSSR count). The van der Waals surface area contributed by atoms with Crippen LogP contribution >= 0.6 is 0 Å². The highest BCUT2D eigenvalue weighted by Crippen LogP contribution is 2.25. The van der Waals surface area contributed by atoms with Crippen molar-refractivity contribution in [3.8, 4) is 0 Å². The second kappa shape index (κ2) is 5.88. The molecule has 0 fully saturated rings. The fraction of sp³-hybridized carbons (Fsp3) is 0.538. The molecule has 1 aromatic carbocycles. The lowest BCUT2D eigenvalue weighted by Crippen LogP contribution is -2.35. The Balaban J connectivity index is 3.28. The van der Waals surface area contributed by atoms with E-state index < -0.39 is 15.8 Å². The number of nitrogens with zero attached hydrogens (tertiary/aromatic N) is 1. The van der Waals surface area contributed by atoms with Gasteiger partial charge in [-0.3, -0.25) is 0 Å². The van der Waals surface area contributed by atoms with Gasteiger partial charge in [-0.1, -0.05) is 13.3 Å². The first kappa shape index (κ1) is 15.9. The first-order chi connectivity index (χ1) is 8.71. The van der Waals surface area contributed by atoms with Gasteiger partial charge in [0.05, 0.1) is 0 Å². The van der Waals surface area contributed by atoms with Gasteiger partial charge in [0.2, 0.25) is 10.0 Å². The van der Waals surface area contributed by atoms with E-state index in [0.29, 0.717) is 0 Å². The van der Waals surface area contributed by atoms with E-state index in [0.717, 1.165) is 12.8 Å². The predicted octanol–water partition coefficient (Wildman–Crippen LogP) is 2.53. The Kier molecular flexibility index (Phi) is 4.92. The van der Waals surface area contributed by atoms with Crippen molar-refractivity contribution in [3.05, 3.63) is 23.5 Å². The second-order valence-corrected chi connectivity index (χ2v) is 6.77. The highest BCUT2D eigenvalue weighted by Gasteiger charge is 2.28. The largest absolute Gasteiger partial charge is 0.399 e. The van der Waals surface area contributed by atoms with Crippen LogP contribution in [-0.4, -0.2) is 25.8 Å². The van der Waals surface area contributed by atoms with E-state index in [9.17, 15) is 12.8 Å². The van der Waals surface area contributed by atoms with Gasteiger partial charge in [0.1, 0.15) is 10.7 Å². The maximum atomic E-state index is 14.0. The van der Waals surface area contributed by atoms with Gasteiger partial charge in [0, 0.05) is 18.8 Å². The van der Waals surface area contributed by atoms with Gasteiger partial charge in [0.25, 0.3) is 0 Å². The van der Waals surface area contributed by atoms with Crippen LogP contribution in [0.1, 0.15) is 32.3 Å². The summed E-state index contributed by atoms with van der Waals surface area (Å²) in [5.74, 6) is -0.732. The number of sulfonamides is 1. The van der Waals surface area contributed by atoms with Crippen LogP contribution in [0, 0.1) is 12.7 Å². The normalized spacial score (nSPS) is 13.8. The third-order valence-electron chi connectivity index (χ3n) is 3.23. The Morgan fingerprint density at radius 3 is 2.53 bits per heavy atom. The molecule has 19 heavy (non-hydrogen) atoms. The lowest BCUT2D eigenvalue weighted by atomic mass is 10.2. The van der Waals surface area contributed by atoms with Crippen LogP contribution in [0.5, 0.6) is 0 Å². The van der Waals surface area contributed by atoms with Gasteiger partial charge >= 0.3 is 0 Å². The van der Waals surface area contributed by atoms with Gasteiger partial charge in [-0.05, 0) is 38.0 Å². The Labute approximate surface area is 114 Å². The van der Waals surface area contributed by atoms with Crippen molar-refractivity contribution in [1.82, 2.24) is 4.31 Å². The van der Waals surface area contributed by atoms with E-state index in [2.05, 4.69) is 0 Å². The molecule has 0 aliphatic rings. The number of halogens is 1. The quantitative estimate of drug-likeness (QED) is 0.847. The number of hydrogen-bond donors (Lipinski definition) is 1. The van der Waals surface area contributed by atoms with E-state index in [1.54, 1.807) is 6.92 Å². The van der Waals surface area contributed by atoms with E-state index in [1.165, 1.54) is 30.4 Å². The molecule has 0 bridgehead atoms. The van der Waals surface area contributed by atoms with E-state index in [1.807, 2.05) is 6.92 Å². The standard InChI is InChI=1S/C13H21FN2O2S/c1-5-6-10(3)16(4)19(17,18)12-8-11(15)7-9(2)13(12)14/h7-8,10H,5-6,15H2,1-4H3. The average molecular weight is 288 g/mol. The summed E-state index contributed by atoms with van der Waals surface area (Å²) in [5, 5.41) is 0. The van der Waals surface area contributed by atoms with Gasteiger partial charge in [-0.25, -0.2) is 12.8 Å². The van der Waals surface area contributed by atoms with Crippen molar-refractivity contribution in [2.75, 3.05) is 12.8 Å². The molecule has 1 unspecified atom stereocenters. The molecule has 0 aliphatic carbocycles. The molecule has 6 heteroatoms. The monoisotopic (exact) mass is 288 g/mol. The highest BCUT2D eigenvalue weighted by molar-refractivity contribution is 7.89. The summed E-state index contributed by atoms with van der Waals surface area (Å²) in [4.78, 5) is -0.351. The minimum atomic E-state index is -3.86. The van der Waals surface area contributed by atoms with Crippen LogP contribution in [0.15, 0.2) is 17.0 Å². The topological polar surface area (TPSA) is 63.4 Å². The Hall–Kier alpha value is -1.14. The molecule has 0 heterocycles. The fourth-order valence-corrected chi connectivity index (χ4v) is 3.51. The summed E-state index contributed by atoms with van der Waals surface area (Å²) in [7, 11) is -2.39. The van der Waals surface area contributed by atoms with E-state index in [4.69, 9.17) is 5.73 Å². The molecule has 0 aromatic heterocycles. The number of hydrogen-bond acceptors (Lipinski definition) is 3. The van der Waals surface area contributed by atoms with Crippen molar-refractivity contribution in [3.63, 3.8) is 0 Å². The lowest BCUT2D eigenvalue weighted by Gasteiger charge is -2.24. The van der Waals surface area contributed by atoms with E-state index >= 15 is 0 Å². The van der Waals surface area contributed by atoms with E-state index in [-0.39, 0.29) is 22.2 Å². The number of rotatable bonds is 5. The Morgan fingerprint density at radius 2 is 2.00 bits per heavy atom. The zero-order chi connectivity index (χ0) is 14.8. The Bertz CT molecular complexity index is 558. The van der Waals surface area contributed by atoms with Crippen molar-refractivity contribution in [2.24, 2.45) is 0 Å². The van der Waals surface area contributed by atoms with Crippen molar-refractivity contribution >= 4 is 15.7 Å². The third-order valence-corrected chi connectivity index (χ3v) is 5.20. The first-order valence-corrected chi connectivity index (χ1v) is 7.69. The van der Waals surface area contributed by atoms with Crippen LogP contribution in [0.2, 0.25) is 0 Å². The zero-order valence-electron chi connectivity index (χ0n) is 11.8. The third kappa shape index (κ3) is 3.25. The summed E-state index contributed by atoms with van der Waals surface area (Å²) in [5.41, 5.74) is 6.09. The van der Waals surface area contributed by atoms with Crippen LogP contribution in [0.3, 0.4) is 0 Å². The SMILES string of the molecule is CCCC(C)N(C)S(=O)(=O)c1cc(N)cc(C)c1F. The molecule has 0 amide bonds. The smallest absolute Gasteiger partial charge is 0.246 e. The maximum absolute atomic E-state index is 14.0. The molecule has 4 nitrogen and oxygen atoms in total. The minimum Gasteiger partial charge on any atom is -0.399 e. The van der Waals surface area contributed by atoms with Crippen molar-refractivity contribution in [1.29, 1.82) is 0 Å². The molecule has 108 valence electrons. The zero-order valence-corrected chi connectivity index (χ0v) is 12.6. The fourth-order valence-electron chi connectivity index (χ4n) is 1.94. The number of nitrogen functional groups attached to an aromatic ring is 1. The van der Waals surface area contributed by atoms with Crippen LogP contribution in [0.25, 0.3) is 0 Å². The van der Waals surface area contributed by atoms with Gasteiger partial charge in [0.15, 0.2) is 0 Å². The Morgan fingerprint density at radius 1 is 1.42 bits per heavy atom. The number of nitrogens with two attached hydrogens (primary N) is 1. The van der Waals surface area contributed by atoms with Crippen molar-refractivity contribution in [2.45, 2.75) is 44.6 Å². The minimum absolute atomic E-state index is 0.184. The molecule has 2 N–H and O–H groups in total. The summed E-state index contributed by atoms with van der Waals surface area (Å²) in [6.07, 6.45) is 1.58. The second-order valence-electron chi connectivity index (χ2n) is 4.81. The maximum Gasteiger partial charge on any atom is 0.246 e. The molecule has 0 radical (unpaired) electrons.